The lowest BCUT2D eigenvalue weighted by molar-refractivity contribution is 0.201. The van der Waals surface area contributed by atoms with Crippen LogP contribution < -0.4 is 4.74 Å². The van der Waals surface area contributed by atoms with E-state index in [9.17, 15) is 4.39 Å². The van der Waals surface area contributed by atoms with Crippen LogP contribution in [-0.2, 0) is 0 Å². The van der Waals surface area contributed by atoms with Crippen molar-refractivity contribution in [2.45, 2.75) is 0 Å². The van der Waals surface area contributed by atoms with E-state index in [4.69, 9.17) is 21.4 Å². The van der Waals surface area contributed by atoms with Crippen LogP contribution in [-0.4, -0.2) is 23.3 Å². The molecule has 0 saturated heterocycles. The zero-order valence-electron chi connectivity index (χ0n) is 13.7. The van der Waals surface area contributed by atoms with E-state index in [0.717, 1.165) is 5.56 Å². The summed E-state index contributed by atoms with van der Waals surface area (Å²) in [7, 11) is 0. The minimum Gasteiger partial charge on any atom is -0.491 e. The Morgan fingerprint density at radius 1 is 1.00 bits per heavy atom. The number of halogens is 2. The molecule has 1 N–H and O–H groups in total. The number of hydrogen-bond acceptors (Lipinski definition) is 3. The van der Waals surface area contributed by atoms with Gasteiger partial charge >= 0.3 is 0 Å². The van der Waals surface area contributed by atoms with E-state index in [0.29, 0.717) is 21.9 Å². The number of nitrogens with zero attached hydrogens (tertiary/aromatic N) is 1. The molecule has 3 rings (SSSR count). The molecule has 0 radical (unpaired) electrons. The van der Waals surface area contributed by atoms with Gasteiger partial charge in [-0.25, -0.2) is 9.37 Å². The van der Waals surface area contributed by atoms with Gasteiger partial charge in [-0.3, -0.25) is 0 Å². The van der Waals surface area contributed by atoms with E-state index in [1.807, 2.05) is 12.1 Å². The molecule has 0 spiro atoms. The van der Waals surface area contributed by atoms with Crippen molar-refractivity contribution in [2.75, 3.05) is 13.2 Å². The molecule has 0 aliphatic carbocycles. The second-order valence-corrected chi connectivity index (χ2v) is 5.84. The minimum absolute atomic E-state index is 0.0431. The first-order chi connectivity index (χ1) is 12.7. The van der Waals surface area contributed by atoms with Crippen molar-refractivity contribution in [2.24, 2.45) is 0 Å². The summed E-state index contributed by atoms with van der Waals surface area (Å²) >= 11 is 5.86. The second kappa shape index (κ2) is 8.48. The van der Waals surface area contributed by atoms with Crippen molar-refractivity contribution in [1.82, 2.24) is 4.98 Å². The van der Waals surface area contributed by atoms with Crippen LogP contribution in [0.4, 0.5) is 4.39 Å². The predicted octanol–water partition coefficient (Wildman–Crippen LogP) is 4.31. The molecule has 0 amide bonds. The molecule has 130 valence electrons. The third-order valence-corrected chi connectivity index (χ3v) is 3.81. The Balaban J connectivity index is 1.76. The number of pyridine rings is 1. The molecule has 0 unspecified atom stereocenters. The van der Waals surface area contributed by atoms with Gasteiger partial charge in [-0.1, -0.05) is 29.7 Å². The quantitative estimate of drug-likeness (QED) is 0.699. The highest BCUT2D eigenvalue weighted by molar-refractivity contribution is 6.30. The molecule has 2 aromatic carbocycles. The highest BCUT2D eigenvalue weighted by Crippen LogP contribution is 2.22. The SMILES string of the molecule is OCCOc1ccc(C#Cc2ncc(-c3ccc(Cl)cc3)cc2F)cc1. The molecule has 26 heavy (non-hydrogen) atoms. The lowest BCUT2D eigenvalue weighted by atomic mass is 10.1. The first-order valence-electron chi connectivity index (χ1n) is 7.93. The Labute approximate surface area is 156 Å². The van der Waals surface area contributed by atoms with Crippen LogP contribution in [0.15, 0.2) is 60.8 Å². The van der Waals surface area contributed by atoms with Crippen molar-refractivity contribution in [3.63, 3.8) is 0 Å². The fourth-order valence-electron chi connectivity index (χ4n) is 2.26. The van der Waals surface area contributed by atoms with Crippen molar-refractivity contribution in [1.29, 1.82) is 0 Å². The third kappa shape index (κ3) is 4.60. The van der Waals surface area contributed by atoms with E-state index < -0.39 is 5.82 Å². The van der Waals surface area contributed by atoms with Crippen LogP contribution in [0.1, 0.15) is 11.3 Å². The van der Waals surface area contributed by atoms with Gasteiger partial charge in [0.15, 0.2) is 5.82 Å². The van der Waals surface area contributed by atoms with Crippen LogP contribution in [0.2, 0.25) is 5.02 Å². The van der Waals surface area contributed by atoms with Crippen LogP contribution >= 0.6 is 11.6 Å². The predicted molar refractivity (Wildman–Crippen MR) is 99.6 cm³/mol. The minimum atomic E-state index is -0.479. The Morgan fingerprint density at radius 2 is 1.73 bits per heavy atom. The van der Waals surface area contributed by atoms with E-state index in [-0.39, 0.29) is 18.9 Å². The summed E-state index contributed by atoms with van der Waals surface area (Å²) in [6.07, 6.45) is 1.59. The number of ether oxygens (including phenoxy) is 1. The van der Waals surface area contributed by atoms with Gasteiger partial charge in [0.1, 0.15) is 18.1 Å². The van der Waals surface area contributed by atoms with Gasteiger partial charge in [0.2, 0.25) is 0 Å². The molecule has 0 aliphatic rings. The fourth-order valence-corrected chi connectivity index (χ4v) is 2.39. The molecule has 0 bridgehead atoms. The number of hydrogen-bond donors (Lipinski definition) is 1. The molecule has 1 aromatic heterocycles. The molecule has 1 heterocycles. The summed E-state index contributed by atoms with van der Waals surface area (Å²) in [6.45, 7) is 0.193. The largest absolute Gasteiger partial charge is 0.491 e. The number of aliphatic hydroxyl groups excluding tert-OH is 1. The zero-order valence-corrected chi connectivity index (χ0v) is 14.5. The Hall–Kier alpha value is -2.87. The zero-order chi connectivity index (χ0) is 18.4. The lowest BCUT2D eigenvalue weighted by Crippen LogP contribution is -2.01. The third-order valence-electron chi connectivity index (χ3n) is 3.56. The lowest BCUT2D eigenvalue weighted by Gasteiger charge is -2.03. The normalized spacial score (nSPS) is 10.1. The van der Waals surface area contributed by atoms with Gasteiger partial charge < -0.3 is 9.84 Å². The molecule has 0 saturated carbocycles. The average Bonchev–Trinajstić information content (AvgIpc) is 2.67. The van der Waals surface area contributed by atoms with Gasteiger partial charge in [0.25, 0.3) is 0 Å². The van der Waals surface area contributed by atoms with Gasteiger partial charge in [-0.2, -0.15) is 0 Å². The molecule has 0 fully saturated rings. The van der Waals surface area contributed by atoms with Gasteiger partial charge in [-0.15, -0.1) is 0 Å². The maximum Gasteiger partial charge on any atom is 0.158 e. The smallest absolute Gasteiger partial charge is 0.158 e. The highest BCUT2D eigenvalue weighted by atomic mass is 35.5. The van der Waals surface area contributed by atoms with Crippen molar-refractivity contribution >= 4 is 11.6 Å². The van der Waals surface area contributed by atoms with Crippen LogP contribution in [0.3, 0.4) is 0 Å². The molecule has 3 aromatic rings. The summed E-state index contributed by atoms with van der Waals surface area (Å²) in [5.74, 6) is 5.78. The van der Waals surface area contributed by atoms with Crippen molar-refractivity contribution in [3.8, 4) is 28.7 Å². The van der Waals surface area contributed by atoms with Gasteiger partial charge in [-0.05, 0) is 53.9 Å². The Morgan fingerprint density at radius 3 is 2.38 bits per heavy atom. The number of benzene rings is 2. The van der Waals surface area contributed by atoms with E-state index in [1.165, 1.54) is 6.07 Å². The number of rotatable bonds is 4. The number of aliphatic hydroxyl groups is 1. The Bertz CT molecular complexity index is 944. The highest BCUT2D eigenvalue weighted by Gasteiger charge is 2.05. The van der Waals surface area contributed by atoms with Crippen LogP contribution in [0.25, 0.3) is 11.1 Å². The van der Waals surface area contributed by atoms with E-state index >= 15 is 0 Å². The first-order valence-corrected chi connectivity index (χ1v) is 8.31. The first kappa shape index (κ1) is 17.9. The van der Waals surface area contributed by atoms with Gasteiger partial charge in [0, 0.05) is 22.3 Å². The summed E-state index contributed by atoms with van der Waals surface area (Å²) in [5.41, 5.74) is 2.29. The maximum atomic E-state index is 14.3. The summed E-state index contributed by atoms with van der Waals surface area (Å²) in [5, 5.41) is 9.35. The fraction of sp³-hybridized carbons (Fsp3) is 0.0952. The van der Waals surface area contributed by atoms with Crippen molar-refractivity contribution < 1.29 is 14.2 Å². The molecular formula is C21H15ClFNO2. The van der Waals surface area contributed by atoms with Gasteiger partial charge in [0.05, 0.1) is 6.61 Å². The Kier molecular flexibility index (Phi) is 5.85. The molecular weight excluding hydrogens is 353 g/mol. The van der Waals surface area contributed by atoms with Crippen molar-refractivity contribution in [3.05, 3.63) is 82.9 Å². The summed E-state index contributed by atoms with van der Waals surface area (Å²) < 4.78 is 19.6. The van der Waals surface area contributed by atoms with E-state index in [1.54, 1.807) is 42.6 Å². The molecule has 3 nitrogen and oxygen atoms in total. The van der Waals surface area contributed by atoms with E-state index in [2.05, 4.69) is 16.8 Å². The molecule has 0 atom stereocenters. The molecule has 5 heteroatoms. The topological polar surface area (TPSA) is 42.4 Å². The van der Waals surface area contributed by atoms with Crippen LogP contribution in [0.5, 0.6) is 5.75 Å². The average molecular weight is 368 g/mol. The van der Waals surface area contributed by atoms with Crippen LogP contribution in [0, 0.1) is 17.7 Å². The summed E-state index contributed by atoms with van der Waals surface area (Å²) in [4.78, 5) is 4.12. The second-order valence-electron chi connectivity index (χ2n) is 5.41. The summed E-state index contributed by atoms with van der Waals surface area (Å²) in [6, 6.07) is 15.5. The molecule has 0 aliphatic heterocycles. The standard InChI is InChI=1S/C21H15ClFNO2/c22-18-6-4-16(5-7-18)17-13-20(23)21(24-14-17)10-3-15-1-8-19(9-2-15)26-12-11-25/h1-2,4-9,13-14,25H,11-12H2. The number of aromatic nitrogens is 1. The monoisotopic (exact) mass is 367 g/mol. The maximum absolute atomic E-state index is 14.3.